The van der Waals surface area contributed by atoms with Crippen LogP contribution in [0, 0.1) is 24.7 Å². The van der Waals surface area contributed by atoms with Gasteiger partial charge in [-0.25, -0.2) is 9.97 Å². The molecule has 0 unspecified atom stereocenters. The Morgan fingerprint density at radius 3 is 2.69 bits per heavy atom. The normalized spacial score (nSPS) is 22.2. The molecule has 1 fully saturated rings. The second kappa shape index (κ2) is 10.6. The summed E-state index contributed by atoms with van der Waals surface area (Å²) in [7, 11) is 3.14. The van der Waals surface area contributed by atoms with Gasteiger partial charge in [-0.3, -0.25) is 0 Å². The number of methoxy groups -OCH3 is 2. The molecule has 0 aromatic carbocycles. The molecule has 0 saturated heterocycles. The van der Waals surface area contributed by atoms with Crippen molar-refractivity contribution in [2.75, 3.05) is 44.6 Å². The summed E-state index contributed by atoms with van der Waals surface area (Å²) in [6.45, 7) is 2.54. The van der Waals surface area contributed by atoms with Crippen molar-refractivity contribution in [3.63, 3.8) is 0 Å². The number of aryl methyl sites for hydroxylation is 1. The van der Waals surface area contributed by atoms with Crippen LogP contribution >= 0.6 is 0 Å². The fourth-order valence-corrected chi connectivity index (χ4v) is 3.50. The van der Waals surface area contributed by atoms with Gasteiger partial charge in [-0.2, -0.15) is 4.98 Å². The average Bonchev–Trinajstić information content (AvgIpc) is 3.07. The fraction of sp³-hybridized carbons (Fsp3) is 0.500. The Bertz CT molecular complexity index is 975. The molecule has 1 aliphatic rings. The summed E-state index contributed by atoms with van der Waals surface area (Å²) >= 11 is 0. The van der Waals surface area contributed by atoms with Gasteiger partial charge in [0.15, 0.2) is 5.72 Å². The van der Waals surface area contributed by atoms with Gasteiger partial charge in [0, 0.05) is 44.0 Å². The lowest BCUT2D eigenvalue weighted by atomic mass is 10.0. The molecule has 3 atom stereocenters. The topological polar surface area (TPSA) is 142 Å². The maximum atomic E-state index is 11.0. The van der Waals surface area contributed by atoms with Gasteiger partial charge in [0.1, 0.15) is 11.9 Å². The van der Waals surface area contributed by atoms with Crippen LogP contribution in [-0.2, 0) is 4.74 Å². The molecule has 0 aliphatic heterocycles. The van der Waals surface area contributed by atoms with E-state index in [2.05, 4.69) is 37.4 Å². The Labute approximate surface area is 187 Å². The summed E-state index contributed by atoms with van der Waals surface area (Å²) < 4.78 is 10.1. The van der Waals surface area contributed by atoms with Gasteiger partial charge in [0.05, 0.1) is 25.0 Å². The number of aliphatic hydroxyl groups excluding tert-OH is 2. The molecule has 5 N–H and O–H groups in total. The zero-order chi connectivity index (χ0) is 23.1. The van der Waals surface area contributed by atoms with Crippen LogP contribution in [0.3, 0.4) is 0 Å². The van der Waals surface area contributed by atoms with Gasteiger partial charge in [-0.15, -0.1) is 0 Å². The zero-order valence-electron chi connectivity index (χ0n) is 18.4. The van der Waals surface area contributed by atoms with Crippen LogP contribution in [0.2, 0.25) is 0 Å². The first-order valence-corrected chi connectivity index (χ1v) is 10.3. The lowest BCUT2D eigenvalue weighted by Gasteiger charge is -2.30. The molecular formula is C22H29N5O5. The number of nitrogens with zero attached hydrogens (tertiary/aromatic N) is 3. The van der Waals surface area contributed by atoms with Crippen LogP contribution in [-0.4, -0.2) is 76.1 Å². The van der Waals surface area contributed by atoms with E-state index in [0.29, 0.717) is 48.2 Å². The number of anilines is 2. The maximum absolute atomic E-state index is 11.0. The first-order valence-electron chi connectivity index (χ1n) is 10.3. The van der Waals surface area contributed by atoms with Gasteiger partial charge in [-0.05, 0) is 25.8 Å². The van der Waals surface area contributed by atoms with Crippen molar-refractivity contribution in [1.29, 1.82) is 0 Å². The summed E-state index contributed by atoms with van der Waals surface area (Å²) in [5, 5.41) is 37.0. The molecule has 10 nitrogen and oxygen atoms in total. The molecule has 2 heterocycles. The van der Waals surface area contributed by atoms with Crippen molar-refractivity contribution in [2.24, 2.45) is 5.92 Å². The molecule has 0 spiro atoms. The molecule has 32 heavy (non-hydrogen) atoms. The van der Waals surface area contributed by atoms with Crippen LogP contribution in [0.4, 0.5) is 11.8 Å². The standard InChI is InChI=1S/C22H29N5O5/c1-14-17(6-4-15-5-7-18(32-3)24-12-15)20(26-21(25-14)23-10-11-31-2)27-22(30)9-8-16(13-28)19(22)29/h5,7,12,16,19,28-30H,8-11,13H2,1-3H3,(H2,23,25,26,27)/t16-,19-,22-/m1/s1. The Morgan fingerprint density at radius 2 is 2.06 bits per heavy atom. The summed E-state index contributed by atoms with van der Waals surface area (Å²) in [6.07, 6.45) is 1.17. The van der Waals surface area contributed by atoms with E-state index in [0.717, 1.165) is 0 Å². The molecule has 2 aromatic heterocycles. The highest BCUT2D eigenvalue weighted by atomic mass is 16.5. The highest BCUT2D eigenvalue weighted by Crippen LogP contribution is 2.36. The van der Waals surface area contributed by atoms with Crippen molar-refractivity contribution in [3.8, 4) is 17.7 Å². The number of rotatable bonds is 8. The molecule has 1 saturated carbocycles. The van der Waals surface area contributed by atoms with E-state index in [1.807, 2.05) is 0 Å². The quantitative estimate of drug-likeness (QED) is 0.222. The highest BCUT2D eigenvalue weighted by Gasteiger charge is 2.47. The van der Waals surface area contributed by atoms with E-state index in [9.17, 15) is 15.3 Å². The second-order valence-corrected chi connectivity index (χ2v) is 7.59. The van der Waals surface area contributed by atoms with Crippen LogP contribution in [0.15, 0.2) is 18.3 Å². The maximum Gasteiger partial charge on any atom is 0.225 e. The Morgan fingerprint density at radius 1 is 1.25 bits per heavy atom. The summed E-state index contributed by atoms with van der Waals surface area (Å²) in [5.74, 6) is 6.76. The minimum absolute atomic E-state index is 0.213. The van der Waals surface area contributed by atoms with Gasteiger partial charge in [0.25, 0.3) is 0 Å². The number of hydrogen-bond donors (Lipinski definition) is 5. The second-order valence-electron chi connectivity index (χ2n) is 7.59. The van der Waals surface area contributed by atoms with Crippen molar-refractivity contribution >= 4 is 11.8 Å². The number of hydrogen-bond acceptors (Lipinski definition) is 10. The van der Waals surface area contributed by atoms with E-state index in [4.69, 9.17) is 9.47 Å². The first-order chi connectivity index (χ1) is 15.4. The van der Waals surface area contributed by atoms with Crippen LogP contribution in [0.25, 0.3) is 0 Å². The van der Waals surface area contributed by atoms with Crippen molar-refractivity contribution in [1.82, 2.24) is 15.0 Å². The lowest BCUT2D eigenvalue weighted by molar-refractivity contribution is -0.0545. The third kappa shape index (κ3) is 5.44. The van der Waals surface area contributed by atoms with E-state index < -0.39 is 17.7 Å². The number of pyridine rings is 1. The molecule has 0 amide bonds. The zero-order valence-corrected chi connectivity index (χ0v) is 18.4. The van der Waals surface area contributed by atoms with Crippen molar-refractivity contribution in [3.05, 3.63) is 35.2 Å². The molecule has 172 valence electrons. The van der Waals surface area contributed by atoms with E-state index in [1.54, 1.807) is 32.4 Å². The molecular weight excluding hydrogens is 414 g/mol. The summed E-state index contributed by atoms with van der Waals surface area (Å²) in [4.78, 5) is 13.1. The first kappa shape index (κ1) is 23.7. The van der Waals surface area contributed by atoms with Gasteiger partial charge in [-0.1, -0.05) is 11.8 Å². The molecule has 0 bridgehead atoms. The molecule has 0 radical (unpaired) electrons. The predicted octanol–water partition coefficient (Wildman–Crippen LogP) is 0.510. The van der Waals surface area contributed by atoms with Gasteiger partial charge in [0.2, 0.25) is 11.8 Å². The number of aromatic nitrogens is 3. The van der Waals surface area contributed by atoms with Crippen LogP contribution < -0.4 is 15.4 Å². The largest absolute Gasteiger partial charge is 0.481 e. The smallest absolute Gasteiger partial charge is 0.225 e. The summed E-state index contributed by atoms with van der Waals surface area (Å²) in [6, 6.07) is 3.49. The fourth-order valence-electron chi connectivity index (χ4n) is 3.50. The Kier molecular flexibility index (Phi) is 7.82. The number of aliphatic hydroxyl groups is 3. The summed E-state index contributed by atoms with van der Waals surface area (Å²) in [5.41, 5.74) is 0.0894. The minimum atomic E-state index is -1.64. The van der Waals surface area contributed by atoms with Crippen LogP contribution in [0.1, 0.15) is 29.7 Å². The molecule has 10 heteroatoms. The highest BCUT2D eigenvalue weighted by molar-refractivity contribution is 5.61. The van der Waals surface area contributed by atoms with E-state index in [1.165, 1.54) is 7.11 Å². The SMILES string of the molecule is COCCNc1nc(C)c(C#Cc2ccc(OC)nc2)c(N[C@@]2(O)CC[C@H](CO)[C@H]2O)n1. The van der Waals surface area contributed by atoms with Crippen molar-refractivity contribution in [2.45, 2.75) is 31.6 Å². The molecule has 2 aromatic rings. The van der Waals surface area contributed by atoms with E-state index in [-0.39, 0.29) is 18.8 Å². The average molecular weight is 444 g/mol. The van der Waals surface area contributed by atoms with Gasteiger partial charge < -0.3 is 35.4 Å². The third-order valence-electron chi connectivity index (χ3n) is 5.36. The Hall–Kier alpha value is -2.97. The lowest BCUT2D eigenvalue weighted by Crippen LogP contribution is -2.48. The number of nitrogens with one attached hydrogen (secondary N) is 2. The van der Waals surface area contributed by atoms with Crippen molar-refractivity contribution < 1.29 is 24.8 Å². The monoisotopic (exact) mass is 443 g/mol. The third-order valence-corrected chi connectivity index (χ3v) is 5.36. The van der Waals surface area contributed by atoms with Crippen LogP contribution in [0.5, 0.6) is 5.88 Å². The minimum Gasteiger partial charge on any atom is -0.481 e. The van der Waals surface area contributed by atoms with E-state index >= 15 is 0 Å². The Balaban J connectivity index is 1.95. The predicted molar refractivity (Wildman–Crippen MR) is 118 cm³/mol. The molecule has 1 aliphatic carbocycles. The molecule has 3 rings (SSSR count). The number of ether oxygens (including phenoxy) is 2. The van der Waals surface area contributed by atoms with Gasteiger partial charge >= 0.3 is 0 Å².